The van der Waals surface area contributed by atoms with Gasteiger partial charge in [-0.25, -0.2) is 4.79 Å². The third-order valence-corrected chi connectivity index (χ3v) is 4.94. The fourth-order valence-electron chi connectivity index (χ4n) is 2.70. The summed E-state index contributed by atoms with van der Waals surface area (Å²) >= 11 is 1.96. The molecule has 1 aliphatic rings. The molecule has 4 nitrogen and oxygen atoms in total. The predicted octanol–water partition coefficient (Wildman–Crippen LogP) is 3.03. The predicted molar refractivity (Wildman–Crippen MR) is 86.5 cm³/mol. The van der Waals surface area contributed by atoms with E-state index in [-0.39, 0.29) is 5.56 Å². The molecule has 1 aliphatic carbocycles. The van der Waals surface area contributed by atoms with Crippen molar-refractivity contribution in [2.24, 2.45) is 0 Å². The first kappa shape index (κ1) is 16.2. The lowest BCUT2D eigenvalue weighted by Gasteiger charge is -2.28. The SMILES string of the molecule is CSC1CCCC(NCCOc2cccc(C(=O)O)c2)C1. The lowest BCUT2D eigenvalue weighted by molar-refractivity contribution is 0.0696. The van der Waals surface area contributed by atoms with E-state index in [1.54, 1.807) is 24.3 Å². The molecule has 0 aromatic heterocycles. The largest absolute Gasteiger partial charge is 0.492 e. The van der Waals surface area contributed by atoms with Crippen LogP contribution in [0.3, 0.4) is 0 Å². The van der Waals surface area contributed by atoms with Gasteiger partial charge < -0.3 is 15.2 Å². The summed E-state index contributed by atoms with van der Waals surface area (Å²) in [6.45, 7) is 1.35. The fraction of sp³-hybridized carbons (Fsp3) is 0.562. The van der Waals surface area contributed by atoms with E-state index in [9.17, 15) is 4.79 Å². The molecule has 2 atom stereocenters. The Bertz CT molecular complexity index is 467. The average molecular weight is 309 g/mol. The summed E-state index contributed by atoms with van der Waals surface area (Å²) in [6.07, 6.45) is 7.29. The van der Waals surface area contributed by atoms with E-state index in [1.807, 2.05) is 11.8 Å². The Morgan fingerprint density at radius 1 is 1.48 bits per heavy atom. The minimum Gasteiger partial charge on any atom is -0.492 e. The molecule has 21 heavy (non-hydrogen) atoms. The Morgan fingerprint density at radius 2 is 2.33 bits per heavy atom. The Kier molecular flexibility index (Phi) is 6.39. The van der Waals surface area contributed by atoms with Crippen LogP contribution in [0.15, 0.2) is 24.3 Å². The molecule has 0 saturated heterocycles. The Hall–Kier alpha value is -1.20. The monoisotopic (exact) mass is 309 g/mol. The van der Waals surface area contributed by atoms with E-state index < -0.39 is 5.97 Å². The van der Waals surface area contributed by atoms with Crippen LogP contribution in [0.4, 0.5) is 0 Å². The zero-order valence-electron chi connectivity index (χ0n) is 12.4. The molecule has 5 heteroatoms. The third kappa shape index (κ3) is 5.25. The van der Waals surface area contributed by atoms with Gasteiger partial charge in [-0.15, -0.1) is 0 Å². The second-order valence-corrected chi connectivity index (χ2v) is 6.49. The number of ether oxygens (including phenoxy) is 1. The first-order chi connectivity index (χ1) is 10.2. The molecular formula is C16H23NO3S. The molecule has 1 fully saturated rings. The number of rotatable bonds is 7. The number of thioether (sulfide) groups is 1. The lowest BCUT2D eigenvalue weighted by atomic mass is 9.95. The van der Waals surface area contributed by atoms with Crippen LogP contribution < -0.4 is 10.1 Å². The van der Waals surface area contributed by atoms with Gasteiger partial charge in [-0.1, -0.05) is 12.5 Å². The first-order valence-electron chi connectivity index (χ1n) is 7.41. The summed E-state index contributed by atoms with van der Waals surface area (Å²) in [6, 6.07) is 7.21. The number of hydrogen-bond acceptors (Lipinski definition) is 4. The maximum Gasteiger partial charge on any atom is 0.335 e. The van der Waals surface area contributed by atoms with Gasteiger partial charge in [0.05, 0.1) is 5.56 Å². The second-order valence-electron chi connectivity index (χ2n) is 5.36. The smallest absolute Gasteiger partial charge is 0.335 e. The highest BCUT2D eigenvalue weighted by Gasteiger charge is 2.20. The standard InChI is InChI=1S/C16H23NO3S/c1-21-15-7-3-5-13(11-15)17-8-9-20-14-6-2-4-12(10-14)16(18)19/h2,4,6,10,13,15,17H,3,5,7-9,11H2,1H3,(H,18,19). The van der Waals surface area contributed by atoms with Crippen molar-refractivity contribution in [1.82, 2.24) is 5.32 Å². The molecule has 0 amide bonds. The number of carbonyl (C=O) groups is 1. The van der Waals surface area contributed by atoms with Crippen LogP contribution >= 0.6 is 11.8 Å². The van der Waals surface area contributed by atoms with Gasteiger partial charge in [0.25, 0.3) is 0 Å². The van der Waals surface area contributed by atoms with E-state index in [2.05, 4.69) is 11.6 Å². The first-order valence-corrected chi connectivity index (χ1v) is 8.70. The highest BCUT2D eigenvalue weighted by Crippen LogP contribution is 2.26. The number of carboxylic acids is 1. The van der Waals surface area contributed by atoms with Crippen molar-refractivity contribution in [3.63, 3.8) is 0 Å². The Labute approximate surface area is 130 Å². The molecule has 2 N–H and O–H groups in total. The molecule has 0 aliphatic heterocycles. The highest BCUT2D eigenvalue weighted by molar-refractivity contribution is 7.99. The van der Waals surface area contributed by atoms with Crippen LogP contribution in [0, 0.1) is 0 Å². The quantitative estimate of drug-likeness (QED) is 0.758. The van der Waals surface area contributed by atoms with E-state index in [4.69, 9.17) is 9.84 Å². The molecule has 0 heterocycles. The van der Waals surface area contributed by atoms with Crippen molar-refractivity contribution in [2.75, 3.05) is 19.4 Å². The van der Waals surface area contributed by atoms with Crippen molar-refractivity contribution in [3.8, 4) is 5.75 Å². The zero-order chi connectivity index (χ0) is 15.1. The summed E-state index contributed by atoms with van der Waals surface area (Å²) in [4.78, 5) is 10.9. The molecule has 0 spiro atoms. The number of carboxylic acid groups (broad SMARTS) is 1. The van der Waals surface area contributed by atoms with Gasteiger partial charge in [-0.2, -0.15) is 11.8 Å². The molecule has 1 aromatic carbocycles. The van der Waals surface area contributed by atoms with Crippen LogP contribution in [0.1, 0.15) is 36.0 Å². The van der Waals surface area contributed by atoms with Crippen LogP contribution in [0.5, 0.6) is 5.75 Å². The molecule has 1 saturated carbocycles. The maximum absolute atomic E-state index is 10.9. The van der Waals surface area contributed by atoms with Gasteiger partial charge in [0, 0.05) is 17.8 Å². The second kappa shape index (κ2) is 8.29. The third-order valence-electron chi connectivity index (χ3n) is 3.84. The summed E-state index contributed by atoms with van der Waals surface area (Å²) in [5.41, 5.74) is 0.260. The number of benzene rings is 1. The Morgan fingerprint density at radius 3 is 3.10 bits per heavy atom. The van der Waals surface area contributed by atoms with Crippen LogP contribution in [0.2, 0.25) is 0 Å². The normalized spacial score (nSPS) is 22.0. The summed E-state index contributed by atoms with van der Waals surface area (Å²) in [5, 5.41) is 13.3. The maximum atomic E-state index is 10.9. The summed E-state index contributed by atoms with van der Waals surface area (Å²) < 4.78 is 5.61. The van der Waals surface area contributed by atoms with Crippen molar-refractivity contribution in [1.29, 1.82) is 0 Å². The Balaban J connectivity index is 1.70. The molecule has 2 unspecified atom stereocenters. The molecule has 1 aromatic rings. The number of aromatic carboxylic acids is 1. The minimum absolute atomic E-state index is 0.260. The van der Waals surface area contributed by atoms with Crippen LogP contribution in [-0.4, -0.2) is 41.8 Å². The van der Waals surface area contributed by atoms with Crippen molar-refractivity contribution in [2.45, 2.75) is 37.0 Å². The lowest BCUT2D eigenvalue weighted by Crippen LogP contribution is -2.37. The van der Waals surface area contributed by atoms with Crippen molar-refractivity contribution in [3.05, 3.63) is 29.8 Å². The van der Waals surface area contributed by atoms with Crippen LogP contribution in [0.25, 0.3) is 0 Å². The van der Waals surface area contributed by atoms with E-state index in [1.165, 1.54) is 25.7 Å². The van der Waals surface area contributed by atoms with Gasteiger partial charge in [0.1, 0.15) is 12.4 Å². The van der Waals surface area contributed by atoms with Gasteiger partial charge >= 0.3 is 5.97 Å². The van der Waals surface area contributed by atoms with E-state index in [0.717, 1.165) is 11.8 Å². The molecule has 0 radical (unpaired) electrons. The van der Waals surface area contributed by atoms with Crippen molar-refractivity contribution < 1.29 is 14.6 Å². The van der Waals surface area contributed by atoms with Crippen LogP contribution in [-0.2, 0) is 0 Å². The highest BCUT2D eigenvalue weighted by atomic mass is 32.2. The summed E-state index contributed by atoms with van der Waals surface area (Å²) in [5.74, 6) is -0.314. The van der Waals surface area contributed by atoms with E-state index in [0.29, 0.717) is 18.4 Å². The van der Waals surface area contributed by atoms with Gasteiger partial charge in [-0.3, -0.25) is 0 Å². The molecular weight excluding hydrogens is 286 g/mol. The zero-order valence-corrected chi connectivity index (χ0v) is 13.2. The van der Waals surface area contributed by atoms with Gasteiger partial charge in [-0.05, 0) is 43.7 Å². The van der Waals surface area contributed by atoms with E-state index >= 15 is 0 Å². The topological polar surface area (TPSA) is 58.6 Å². The number of hydrogen-bond donors (Lipinski definition) is 2. The van der Waals surface area contributed by atoms with Gasteiger partial charge in [0.15, 0.2) is 0 Å². The average Bonchev–Trinajstić information content (AvgIpc) is 2.52. The molecule has 0 bridgehead atoms. The molecule has 2 rings (SSSR count). The fourth-order valence-corrected chi connectivity index (χ4v) is 3.52. The van der Waals surface area contributed by atoms with Crippen molar-refractivity contribution >= 4 is 17.7 Å². The molecule has 116 valence electrons. The minimum atomic E-state index is -0.927. The summed E-state index contributed by atoms with van der Waals surface area (Å²) in [7, 11) is 0. The number of nitrogens with one attached hydrogen (secondary N) is 1. The van der Waals surface area contributed by atoms with Gasteiger partial charge in [0.2, 0.25) is 0 Å².